The van der Waals surface area contributed by atoms with E-state index in [1.54, 1.807) is 24.3 Å². The lowest BCUT2D eigenvalue weighted by molar-refractivity contribution is -0.148. The third-order valence-electron chi connectivity index (χ3n) is 6.81. The van der Waals surface area contributed by atoms with Crippen LogP contribution in [0.4, 0.5) is 0 Å². The second kappa shape index (κ2) is 12.5. The number of aromatic nitrogens is 1. The average molecular weight is 491 g/mol. The summed E-state index contributed by atoms with van der Waals surface area (Å²) in [5.74, 6) is -1.29. The maximum absolute atomic E-state index is 13.2. The largest absolute Gasteiger partial charge is 0.457 e. The van der Waals surface area contributed by atoms with Gasteiger partial charge in [0.2, 0.25) is 5.91 Å². The number of nitrogens with two attached hydrogens (primary N) is 1. The number of hydrogen-bond acceptors (Lipinski definition) is 6. The molecule has 1 fully saturated rings. The van der Waals surface area contributed by atoms with Crippen LogP contribution in [0.5, 0.6) is 0 Å². The summed E-state index contributed by atoms with van der Waals surface area (Å²) in [5.41, 5.74) is 8.35. The second-order valence-corrected chi connectivity index (χ2v) is 9.27. The summed E-state index contributed by atoms with van der Waals surface area (Å²) in [4.78, 5) is 41.5. The smallest absolute Gasteiger partial charge is 0.311 e. The lowest BCUT2D eigenvalue weighted by atomic mass is 10.0. The van der Waals surface area contributed by atoms with E-state index in [1.807, 2.05) is 36.5 Å². The zero-order chi connectivity index (χ0) is 25.3. The molecule has 0 unspecified atom stereocenters. The van der Waals surface area contributed by atoms with Gasteiger partial charge in [-0.3, -0.25) is 14.4 Å². The Balaban J connectivity index is 1.33. The summed E-state index contributed by atoms with van der Waals surface area (Å²) >= 11 is 0. The molecule has 1 saturated carbocycles. The first-order valence-corrected chi connectivity index (χ1v) is 12.6. The van der Waals surface area contributed by atoms with E-state index in [-0.39, 0.29) is 24.3 Å². The molecule has 8 heteroatoms. The Morgan fingerprint density at radius 3 is 2.69 bits per heavy atom. The summed E-state index contributed by atoms with van der Waals surface area (Å²) in [5, 5.41) is 7.57. The fourth-order valence-electron chi connectivity index (χ4n) is 4.83. The number of aromatic amines is 1. The summed E-state index contributed by atoms with van der Waals surface area (Å²) in [6.07, 6.45) is 5.33. The molecular formula is C28H34N4O4. The highest BCUT2D eigenvalue weighted by atomic mass is 16.5. The van der Waals surface area contributed by atoms with Gasteiger partial charge < -0.3 is 26.1 Å². The van der Waals surface area contributed by atoms with E-state index in [1.165, 1.54) is 0 Å². The molecule has 3 aromatic rings. The molecule has 5 N–H and O–H groups in total. The quantitative estimate of drug-likeness (QED) is 0.228. The third kappa shape index (κ3) is 6.38. The molecule has 0 aliphatic heterocycles. The number of carbonyl (C=O) groups is 3. The van der Waals surface area contributed by atoms with Crippen molar-refractivity contribution < 1.29 is 19.1 Å². The lowest BCUT2D eigenvalue weighted by Crippen LogP contribution is -2.50. The number of H-pyrrole nitrogens is 1. The summed E-state index contributed by atoms with van der Waals surface area (Å²) in [6, 6.07) is 16.1. The highest BCUT2D eigenvalue weighted by Gasteiger charge is 2.36. The van der Waals surface area contributed by atoms with Crippen LogP contribution in [0.25, 0.3) is 10.9 Å². The van der Waals surface area contributed by atoms with Crippen molar-refractivity contribution in [2.75, 3.05) is 13.2 Å². The minimum atomic E-state index is -0.458. The van der Waals surface area contributed by atoms with Gasteiger partial charge in [0.25, 0.3) is 0 Å². The van der Waals surface area contributed by atoms with E-state index in [0.717, 1.165) is 22.9 Å². The lowest BCUT2D eigenvalue weighted by Gasteiger charge is -2.24. The monoisotopic (exact) mass is 490 g/mol. The maximum atomic E-state index is 13.2. The number of nitrogens with one attached hydrogen (secondary N) is 3. The van der Waals surface area contributed by atoms with Gasteiger partial charge in [0, 0.05) is 29.9 Å². The van der Waals surface area contributed by atoms with E-state index in [2.05, 4.69) is 15.6 Å². The number of Topliss-reactive ketones (excluding diaryl/α,β-unsaturated/α-hetero) is 1. The number of para-hydroxylation sites is 1. The van der Waals surface area contributed by atoms with E-state index in [4.69, 9.17) is 10.5 Å². The molecule has 190 valence electrons. The topological polar surface area (TPSA) is 126 Å². The van der Waals surface area contributed by atoms with Crippen molar-refractivity contribution in [3.8, 4) is 0 Å². The van der Waals surface area contributed by atoms with Crippen LogP contribution in [0.15, 0.2) is 60.8 Å². The Bertz CT molecular complexity index is 1180. The zero-order valence-electron chi connectivity index (χ0n) is 20.4. The van der Waals surface area contributed by atoms with E-state index in [0.29, 0.717) is 44.3 Å². The van der Waals surface area contributed by atoms with Crippen molar-refractivity contribution in [3.63, 3.8) is 0 Å². The van der Waals surface area contributed by atoms with Gasteiger partial charge in [-0.25, -0.2) is 0 Å². The number of fused-ring (bicyclic) bond motifs is 1. The van der Waals surface area contributed by atoms with Crippen molar-refractivity contribution in [3.05, 3.63) is 71.9 Å². The standard InChI is InChI=1S/C28H34N4O4/c29-15-6-13-24(31-17-21-10-4-9-20-14-16-30-26(20)21)27(34)32-23-12-5-11-22(23)28(35)36-18-25(33)19-7-2-1-3-8-19/h1-4,7-10,14,16,22-24,30-31H,5-6,11-13,15,17-18,29H2,(H,32,34)/t22-,23+,24+/m1/s1. The predicted molar refractivity (Wildman–Crippen MR) is 138 cm³/mol. The zero-order valence-corrected chi connectivity index (χ0v) is 20.4. The number of carbonyl (C=O) groups excluding carboxylic acids is 3. The fraction of sp³-hybridized carbons (Fsp3) is 0.393. The van der Waals surface area contributed by atoms with Crippen molar-refractivity contribution >= 4 is 28.6 Å². The molecule has 8 nitrogen and oxygen atoms in total. The third-order valence-corrected chi connectivity index (χ3v) is 6.81. The first-order valence-electron chi connectivity index (χ1n) is 12.6. The van der Waals surface area contributed by atoms with Crippen LogP contribution in [0.1, 0.15) is 48.0 Å². The van der Waals surface area contributed by atoms with Gasteiger partial charge in [0.05, 0.1) is 12.0 Å². The molecule has 0 bridgehead atoms. The highest BCUT2D eigenvalue weighted by Crippen LogP contribution is 2.27. The molecular weight excluding hydrogens is 456 g/mol. The Hall–Kier alpha value is -3.49. The van der Waals surface area contributed by atoms with Gasteiger partial charge in [0.15, 0.2) is 12.4 Å². The molecule has 4 rings (SSSR count). The predicted octanol–water partition coefficient (Wildman–Crippen LogP) is 3.08. The molecule has 1 aromatic heterocycles. The van der Waals surface area contributed by atoms with Gasteiger partial charge in [0.1, 0.15) is 0 Å². The molecule has 1 aliphatic rings. The number of esters is 1. The minimum Gasteiger partial charge on any atom is -0.457 e. The number of ketones is 1. The molecule has 3 atom stereocenters. The summed E-state index contributed by atoms with van der Waals surface area (Å²) in [6.45, 7) is 0.717. The van der Waals surface area contributed by atoms with Crippen molar-refractivity contribution in [1.82, 2.24) is 15.6 Å². The van der Waals surface area contributed by atoms with Crippen LogP contribution < -0.4 is 16.4 Å². The molecule has 1 amide bonds. The van der Waals surface area contributed by atoms with E-state index in [9.17, 15) is 14.4 Å². The number of ether oxygens (including phenoxy) is 1. The van der Waals surface area contributed by atoms with Crippen molar-refractivity contribution in [2.45, 2.75) is 50.7 Å². The summed E-state index contributed by atoms with van der Waals surface area (Å²) < 4.78 is 5.34. The first kappa shape index (κ1) is 25.6. The van der Waals surface area contributed by atoms with Gasteiger partial charge in [-0.2, -0.15) is 0 Å². The van der Waals surface area contributed by atoms with Crippen LogP contribution in [-0.2, 0) is 20.9 Å². The van der Waals surface area contributed by atoms with Crippen LogP contribution in [0.3, 0.4) is 0 Å². The van der Waals surface area contributed by atoms with Crippen LogP contribution >= 0.6 is 0 Å². The van der Waals surface area contributed by atoms with Gasteiger partial charge in [-0.15, -0.1) is 0 Å². The molecule has 2 aromatic carbocycles. The van der Waals surface area contributed by atoms with Crippen LogP contribution in [0.2, 0.25) is 0 Å². The van der Waals surface area contributed by atoms with E-state index < -0.39 is 17.9 Å². The highest BCUT2D eigenvalue weighted by molar-refractivity contribution is 5.98. The van der Waals surface area contributed by atoms with Crippen molar-refractivity contribution in [1.29, 1.82) is 0 Å². The first-order chi connectivity index (χ1) is 17.6. The van der Waals surface area contributed by atoms with Crippen molar-refractivity contribution in [2.24, 2.45) is 11.7 Å². The fourth-order valence-corrected chi connectivity index (χ4v) is 4.83. The Morgan fingerprint density at radius 1 is 1.06 bits per heavy atom. The number of hydrogen-bond donors (Lipinski definition) is 4. The molecule has 0 saturated heterocycles. The Labute approximate surface area is 211 Å². The number of rotatable bonds is 12. The van der Waals surface area contributed by atoms with Gasteiger partial charge in [-0.05, 0) is 49.2 Å². The Kier molecular flexibility index (Phi) is 8.86. The molecule has 36 heavy (non-hydrogen) atoms. The number of benzene rings is 2. The van der Waals surface area contributed by atoms with Crippen LogP contribution in [0, 0.1) is 5.92 Å². The second-order valence-electron chi connectivity index (χ2n) is 9.27. The summed E-state index contributed by atoms with van der Waals surface area (Å²) in [7, 11) is 0. The number of amides is 1. The molecule has 0 spiro atoms. The van der Waals surface area contributed by atoms with E-state index >= 15 is 0 Å². The normalized spacial score (nSPS) is 18.1. The Morgan fingerprint density at radius 2 is 1.89 bits per heavy atom. The maximum Gasteiger partial charge on any atom is 0.311 e. The average Bonchev–Trinajstić information content (AvgIpc) is 3.57. The van der Waals surface area contributed by atoms with Gasteiger partial charge in [-0.1, -0.05) is 55.0 Å². The SMILES string of the molecule is NCCC[C@H](NCc1cccc2cc[nH]c12)C(=O)N[C@H]1CCC[C@H]1C(=O)OCC(=O)c1ccccc1. The molecule has 1 heterocycles. The minimum absolute atomic E-state index is 0.146. The van der Waals surface area contributed by atoms with Gasteiger partial charge >= 0.3 is 5.97 Å². The van der Waals surface area contributed by atoms with Crippen LogP contribution in [-0.4, -0.2) is 47.9 Å². The molecule has 1 aliphatic carbocycles. The molecule has 0 radical (unpaired) electrons.